The van der Waals surface area contributed by atoms with Gasteiger partial charge in [-0.05, 0) is 24.5 Å². The lowest BCUT2D eigenvalue weighted by Gasteiger charge is -2.18. The monoisotopic (exact) mass is 289 g/mol. The van der Waals surface area contributed by atoms with Gasteiger partial charge in [0.15, 0.2) is 0 Å². The Morgan fingerprint density at radius 2 is 2.40 bits per heavy atom. The van der Waals surface area contributed by atoms with Gasteiger partial charge in [0, 0.05) is 31.3 Å². The van der Waals surface area contributed by atoms with Crippen LogP contribution >= 0.6 is 11.8 Å². The minimum Gasteiger partial charge on any atom is -0.295 e. The molecular formula is C15H19N3OS. The number of thioether (sulfide) groups is 1. The molecule has 0 fully saturated rings. The van der Waals surface area contributed by atoms with Crippen LogP contribution in [0.2, 0.25) is 0 Å². The third-order valence-electron chi connectivity index (χ3n) is 3.14. The maximum Gasteiger partial charge on any atom is 0.225 e. The van der Waals surface area contributed by atoms with Gasteiger partial charge in [0.25, 0.3) is 0 Å². The zero-order valence-corrected chi connectivity index (χ0v) is 12.7. The van der Waals surface area contributed by atoms with Crippen molar-refractivity contribution in [1.82, 2.24) is 4.90 Å². The highest BCUT2D eigenvalue weighted by molar-refractivity contribution is 7.98. The van der Waals surface area contributed by atoms with Crippen LogP contribution in [0.15, 0.2) is 46.9 Å². The second-order valence-electron chi connectivity index (χ2n) is 4.51. The Labute approximate surface area is 124 Å². The molecular weight excluding hydrogens is 270 g/mol. The van der Waals surface area contributed by atoms with Crippen LogP contribution in [0.4, 0.5) is 5.69 Å². The molecule has 0 saturated carbocycles. The van der Waals surface area contributed by atoms with Gasteiger partial charge < -0.3 is 0 Å². The number of amides is 1. The molecule has 5 heteroatoms. The minimum absolute atomic E-state index is 0.00312. The summed E-state index contributed by atoms with van der Waals surface area (Å²) in [7, 11) is 0. The average molecular weight is 289 g/mol. The molecule has 0 radical (unpaired) electrons. The molecule has 0 bridgehead atoms. The Hall–Kier alpha value is -1.75. The van der Waals surface area contributed by atoms with Crippen LogP contribution in [0, 0.1) is 0 Å². The maximum atomic E-state index is 11.6. The molecule has 1 aromatic rings. The van der Waals surface area contributed by atoms with Gasteiger partial charge in [-0.2, -0.15) is 5.10 Å². The number of amidine groups is 1. The van der Waals surface area contributed by atoms with E-state index in [1.165, 1.54) is 4.90 Å². The standard InChI is InChI=1S/C15H19N3OS/c1-4-9-17(12(2)19)15-8-10-18(16-15)13-6-5-7-14(11-13)20-3/h4-7,11H,1,8-10H2,2-3H3. The van der Waals surface area contributed by atoms with Gasteiger partial charge in [-0.1, -0.05) is 12.1 Å². The summed E-state index contributed by atoms with van der Waals surface area (Å²) in [6, 6.07) is 8.26. The summed E-state index contributed by atoms with van der Waals surface area (Å²) in [6.45, 7) is 6.55. The zero-order chi connectivity index (χ0) is 14.5. The van der Waals surface area contributed by atoms with Crippen molar-refractivity contribution in [2.45, 2.75) is 18.2 Å². The van der Waals surface area contributed by atoms with Gasteiger partial charge in [-0.25, -0.2) is 0 Å². The number of carbonyl (C=O) groups excluding carboxylic acids is 1. The van der Waals surface area contributed by atoms with Crippen LogP contribution < -0.4 is 5.01 Å². The summed E-state index contributed by atoms with van der Waals surface area (Å²) < 4.78 is 0. The number of hydrogen-bond acceptors (Lipinski definition) is 4. The van der Waals surface area contributed by atoms with Crippen molar-refractivity contribution in [3.05, 3.63) is 36.9 Å². The predicted octanol–water partition coefficient (Wildman–Crippen LogP) is 2.97. The molecule has 0 atom stereocenters. The molecule has 1 heterocycles. The van der Waals surface area contributed by atoms with Crippen molar-refractivity contribution in [2.75, 3.05) is 24.4 Å². The van der Waals surface area contributed by atoms with E-state index in [2.05, 4.69) is 30.1 Å². The lowest BCUT2D eigenvalue weighted by Crippen LogP contribution is -2.34. The number of anilines is 1. The number of benzene rings is 1. The van der Waals surface area contributed by atoms with Gasteiger partial charge in [-0.3, -0.25) is 14.7 Å². The van der Waals surface area contributed by atoms with E-state index in [4.69, 9.17) is 0 Å². The summed E-state index contributed by atoms with van der Waals surface area (Å²) >= 11 is 1.71. The topological polar surface area (TPSA) is 35.9 Å². The molecule has 0 saturated heterocycles. The molecule has 1 aliphatic rings. The number of carbonyl (C=O) groups is 1. The Bertz CT molecular complexity index is 542. The van der Waals surface area contributed by atoms with Crippen LogP contribution in [0.5, 0.6) is 0 Å². The lowest BCUT2D eigenvalue weighted by molar-refractivity contribution is -0.124. The molecule has 20 heavy (non-hydrogen) atoms. The minimum atomic E-state index is 0.00312. The summed E-state index contributed by atoms with van der Waals surface area (Å²) in [6.07, 6.45) is 4.55. The first-order valence-electron chi connectivity index (χ1n) is 6.53. The van der Waals surface area contributed by atoms with Gasteiger partial charge in [0.1, 0.15) is 5.84 Å². The Balaban J connectivity index is 2.20. The molecule has 0 spiro atoms. The smallest absolute Gasteiger partial charge is 0.225 e. The van der Waals surface area contributed by atoms with E-state index in [9.17, 15) is 4.79 Å². The summed E-state index contributed by atoms with van der Waals surface area (Å²) in [4.78, 5) is 14.5. The Morgan fingerprint density at radius 1 is 1.60 bits per heavy atom. The molecule has 1 amide bonds. The fourth-order valence-electron chi connectivity index (χ4n) is 2.14. The molecule has 4 nitrogen and oxygen atoms in total. The highest BCUT2D eigenvalue weighted by Crippen LogP contribution is 2.25. The third-order valence-corrected chi connectivity index (χ3v) is 3.86. The molecule has 0 aliphatic carbocycles. The quantitative estimate of drug-likeness (QED) is 0.631. The first-order chi connectivity index (χ1) is 9.65. The molecule has 106 valence electrons. The van der Waals surface area contributed by atoms with Crippen molar-refractivity contribution in [3.63, 3.8) is 0 Å². The summed E-state index contributed by atoms with van der Waals surface area (Å²) in [5.74, 6) is 0.815. The first-order valence-corrected chi connectivity index (χ1v) is 7.76. The Kier molecular flexibility index (Phi) is 4.84. The lowest BCUT2D eigenvalue weighted by atomic mass is 10.3. The van der Waals surface area contributed by atoms with E-state index >= 15 is 0 Å². The van der Waals surface area contributed by atoms with E-state index in [-0.39, 0.29) is 5.91 Å². The van der Waals surface area contributed by atoms with Crippen LogP contribution in [0.3, 0.4) is 0 Å². The van der Waals surface area contributed by atoms with E-state index in [0.29, 0.717) is 6.54 Å². The van der Waals surface area contributed by atoms with Gasteiger partial charge in [0.05, 0.1) is 5.69 Å². The maximum absolute atomic E-state index is 11.6. The third kappa shape index (κ3) is 3.22. The fourth-order valence-corrected chi connectivity index (χ4v) is 2.59. The number of nitrogens with zero attached hydrogens (tertiary/aromatic N) is 3. The SMILES string of the molecule is C=CCN(C(C)=O)C1=NN(c2cccc(SC)c2)CC1. The second-order valence-corrected chi connectivity index (χ2v) is 5.39. The van der Waals surface area contributed by atoms with Crippen LogP contribution in [0.1, 0.15) is 13.3 Å². The van der Waals surface area contributed by atoms with Gasteiger partial charge in [-0.15, -0.1) is 18.3 Å². The number of hydrogen-bond donors (Lipinski definition) is 0. The van der Waals surface area contributed by atoms with Gasteiger partial charge in [0.2, 0.25) is 5.91 Å². The summed E-state index contributed by atoms with van der Waals surface area (Å²) in [5.41, 5.74) is 1.06. The van der Waals surface area contributed by atoms with Crippen LogP contribution in [-0.4, -0.2) is 36.0 Å². The van der Waals surface area contributed by atoms with Crippen molar-refractivity contribution in [3.8, 4) is 0 Å². The average Bonchev–Trinajstić information content (AvgIpc) is 2.94. The molecule has 0 unspecified atom stereocenters. The highest BCUT2D eigenvalue weighted by atomic mass is 32.2. The summed E-state index contributed by atoms with van der Waals surface area (Å²) in [5, 5.41) is 6.52. The zero-order valence-electron chi connectivity index (χ0n) is 11.9. The van der Waals surface area contributed by atoms with Crippen molar-refractivity contribution in [1.29, 1.82) is 0 Å². The largest absolute Gasteiger partial charge is 0.295 e. The highest BCUT2D eigenvalue weighted by Gasteiger charge is 2.22. The van der Waals surface area contributed by atoms with Crippen molar-refractivity contribution < 1.29 is 4.79 Å². The van der Waals surface area contributed by atoms with Crippen LogP contribution in [-0.2, 0) is 4.79 Å². The number of hydrazone groups is 1. The fraction of sp³-hybridized carbons (Fsp3) is 0.333. The first kappa shape index (κ1) is 14.7. The van der Waals surface area contributed by atoms with E-state index < -0.39 is 0 Å². The van der Waals surface area contributed by atoms with E-state index in [1.54, 1.807) is 29.7 Å². The molecule has 1 aliphatic heterocycles. The molecule has 1 aromatic carbocycles. The van der Waals surface area contributed by atoms with Gasteiger partial charge >= 0.3 is 0 Å². The normalized spacial score (nSPS) is 14.1. The van der Waals surface area contributed by atoms with E-state index in [1.807, 2.05) is 17.1 Å². The number of rotatable bonds is 4. The van der Waals surface area contributed by atoms with E-state index in [0.717, 1.165) is 24.5 Å². The molecule has 0 N–H and O–H groups in total. The second kappa shape index (κ2) is 6.61. The van der Waals surface area contributed by atoms with Crippen molar-refractivity contribution >= 4 is 29.2 Å². The molecule has 2 rings (SSSR count). The van der Waals surface area contributed by atoms with Crippen LogP contribution in [0.25, 0.3) is 0 Å². The predicted molar refractivity (Wildman–Crippen MR) is 85.2 cm³/mol. The van der Waals surface area contributed by atoms with Crippen molar-refractivity contribution in [2.24, 2.45) is 5.10 Å². The Morgan fingerprint density at radius 3 is 3.05 bits per heavy atom. The molecule has 0 aromatic heterocycles.